The van der Waals surface area contributed by atoms with Gasteiger partial charge in [-0.3, -0.25) is 14.6 Å². The van der Waals surface area contributed by atoms with E-state index < -0.39 is 5.91 Å². The Labute approximate surface area is 151 Å². The van der Waals surface area contributed by atoms with E-state index in [0.29, 0.717) is 12.3 Å². The molecular weight excluding hydrogens is 334 g/mol. The van der Waals surface area contributed by atoms with Crippen molar-refractivity contribution >= 4 is 17.5 Å². The highest BCUT2D eigenvalue weighted by atomic mass is 16.5. The fourth-order valence-electron chi connectivity index (χ4n) is 2.09. The topological polar surface area (TPSA) is 106 Å². The predicted octanol–water partition coefficient (Wildman–Crippen LogP) is 1.34. The van der Waals surface area contributed by atoms with Crippen molar-refractivity contribution in [3.63, 3.8) is 0 Å². The van der Waals surface area contributed by atoms with Gasteiger partial charge in [0.2, 0.25) is 5.91 Å². The first-order valence-corrected chi connectivity index (χ1v) is 8.07. The summed E-state index contributed by atoms with van der Waals surface area (Å²) in [6.45, 7) is 2.18. The lowest BCUT2D eigenvalue weighted by Gasteiger charge is -2.06. The number of carbonyl (C=O) groups is 2. The minimum absolute atomic E-state index is 0.101. The predicted molar refractivity (Wildman–Crippen MR) is 96.9 cm³/mol. The largest absolute Gasteiger partial charge is 0.497 e. The normalized spacial score (nSPS) is 10.9. The van der Waals surface area contributed by atoms with Crippen LogP contribution in [0.25, 0.3) is 0 Å². The molecule has 1 heterocycles. The fraction of sp³-hybridized carbons (Fsp3) is 0.278. The summed E-state index contributed by atoms with van der Waals surface area (Å²) in [4.78, 5) is 31.4. The molecule has 0 fully saturated rings. The van der Waals surface area contributed by atoms with E-state index in [1.165, 1.54) is 18.6 Å². The van der Waals surface area contributed by atoms with Gasteiger partial charge in [-0.2, -0.15) is 5.10 Å². The van der Waals surface area contributed by atoms with E-state index in [4.69, 9.17) is 4.74 Å². The third-order valence-corrected chi connectivity index (χ3v) is 3.46. The number of amides is 2. The maximum Gasteiger partial charge on any atom is 0.291 e. The van der Waals surface area contributed by atoms with Crippen molar-refractivity contribution in [1.29, 1.82) is 0 Å². The van der Waals surface area contributed by atoms with Crippen LogP contribution in [0, 0.1) is 0 Å². The van der Waals surface area contributed by atoms with Crippen LogP contribution >= 0.6 is 0 Å². The van der Waals surface area contributed by atoms with Crippen LogP contribution in [0.1, 0.15) is 29.4 Å². The second-order valence-electron chi connectivity index (χ2n) is 5.50. The van der Waals surface area contributed by atoms with Gasteiger partial charge in [0.05, 0.1) is 19.7 Å². The number of ether oxygens (including phenoxy) is 1. The van der Waals surface area contributed by atoms with E-state index in [1.807, 2.05) is 24.3 Å². The molecule has 2 amide bonds. The minimum Gasteiger partial charge on any atom is -0.497 e. The van der Waals surface area contributed by atoms with E-state index >= 15 is 0 Å². The van der Waals surface area contributed by atoms with Gasteiger partial charge in [0.25, 0.3) is 5.91 Å². The molecule has 0 saturated carbocycles. The fourth-order valence-corrected chi connectivity index (χ4v) is 2.09. The molecule has 0 spiro atoms. The Morgan fingerprint density at radius 3 is 2.62 bits per heavy atom. The van der Waals surface area contributed by atoms with Gasteiger partial charge in [-0.05, 0) is 31.0 Å². The Morgan fingerprint density at radius 2 is 1.96 bits per heavy atom. The van der Waals surface area contributed by atoms with Crippen molar-refractivity contribution in [3.05, 3.63) is 54.1 Å². The van der Waals surface area contributed by atoms with Gasteiger partial charge in [-0.25, -0.2) is 10.4 Å². The monoisotopic (exact) mass is 355 g/mol. The van der Waals surface area contributed by atoms with Crippen molar-refractivity contribution in [2.24, 2.45) is 5.10 Å². The van der Waals surface area contributed by atoms with Crippen LogP contribution in [0.5, 0.6) is 5.75 Å². The number of hydrogen-bond donors (Lipinski definition) is 2. The molecule has 0 aliphatic carbocycles. The average Bonchev–Trinajstić information content (AvgIpc) is 2.67. The summed E-state index contributed by atoms with van der Waals surface area (Å²) in [6, 6.07) is 7.68. The molecule has 0 saturated heterocycles. The number of nitrogens with zero attached hydrogens (tertiary/aromatic N) is 3. The number of hydrazone groups is 1. The molecule has 2 aromatic rings. The molecule has 26 heavy (non-hydrogen) atoms. The van der Waals surface area contributed by atoms with Crippen LogP contribution in [0.15, 0.2) is 48.0 Å². The van der Waals surface area contributed by atoms with Crippen molar-refractivity contribution in [3.8, 4) is 5.75 Å². The zero-order valence-electron chi connectivity index (χ0n) is 14.7. The van der Waals surface area contributed by atoms with Gasteiger partial charge in [0.15, 0.2) is 0 Å². The summed E-state index contributed by atoms with van der Waals surface area (Å²) in [5, 5.41) is 6.72. The number of benzene rings is 1. The summed E-state index contributed by atoms with van der Waals surface area (Å²) in [6.07, 6.45) is 5.05. The van der Waals surface area contributed by atoms with E-state index in [1.54, 1.807) is 14.0 Å². The molecule has 1 aromatic carbocycles. The zero-order valence-corrected chi connectivity index (χ0v) is 14.7. The van der Waals surface area contributed by atoms with Crippen LogP contribution in [-0.2, 0) is 11.2 Å². The summed E-state index contributed by atoms with van der Waals surface area (Å²) in [5.41, 5.74) is 4.11. The molecule has 1 aromatic heterocycles. The van der Waals surface area contributed by atoms with Gasteiger partial charge in [-0.15, -0.1) is 0 Å². The van der Waals surface area contributed by atoms with Crippen molar-refractivity contribution < 1.29 is 14.3 Å². The van der Waals surface area contributed by atoms with Gasteiger partial charge in [-0.1, -0.05) is 12.1 Å². The van der Waals surface area contributed by atoms with Crippen LogP contribution < -0.4 is 15.5 Å². The number of carbonyl (C=O) groups excluding carboxylic acids is 2. The minimum atomic E-state index is -0.475. The van der Waals surface area contributed by atoms with Crippen LogP contribution in [0.4, 0.5) is 0 Å². The second-order valence-corrected chi connectivity index (χ2v) is 5.50. The highest BCUT2D eigenvalue weighted by molar-refractivity contribution is 6.00. The second kappa shape index (κ2) is 9.87. The Bertz CT molecular complexity index is 760. The molecule has 2 rings (SSSR count). The first-order chi connectivity index (χ1) is 12.6. The molecular formula is C18H21N5O3. The average molecular weight is 355 g/mol. The highest BCUT2D eigenvalue weighted by Crippen LogP contribution is 2.11. The molecule has 8 nitrogen and oxygen atoms in total. The number of hydrogen-bond acceptors (Lipinski definition) is 6. The Hall–Kier alpha value is -3.29. The van der Waals surface area contributed by atoms with E-state index in [-0.39, 0.29) is 18.0 Å². The number of nitrogens with one attached hydrogen (secondary N) is 2. The standard InChI is InChI=1S/C18H21N5O3/c1-13(22-23-18(25)16-12-19-9-10-20-16)11-17(24)21-8-7-14-3-5-15(26-2)6-4-14/h3-6,9-10,12H,7-8,11H2,1-2H3,(H,21,24)(H,23,25). The highest BCUT2D eigenvalue weighted by Gasteiger charge is 2.07. The molecule has 136 valence electrons. The maximum absolute atomic E-state index is 11.9. The van der Waals surface area contributed by atoms with Gasteiger partial charge in [0, 0.05) is 24.7 Å². The number of aromatic nitrogens is 2. The molecule has 0 bridgehead atoms. The summed E-state index contributed by atoms with van der Waals surface area (Å²) < 4.78 is 5.10. The lowest BCUT2D eigenvalue weighted by Crippen LogP contribution is -2.28. The van der Waals surface area contributed by atoms with Crippen molar-refractivity contribution in [2.45, 2.75) is 19.8 Å². The molecule has 0 unspecified atom stereocenters. The van der Waals surface area contributed by atoms with Crippen molar-refractivity contribution in [2.75, 3.05) is 13.7 Å². The van der Waals surface area contributed by atoms with Gasteiger partial charge in [0.1, 0.15) is 11.4 Å². The summed E-state index contributed by atoms with van der Waals surface area (Å²) in [5.74, 6) is 0.166. The van der Waals surface area contributed by atoms with E-state index in [2.05, 4.69) is 25.8 Å². The third kappa shape index (κ3) is 6.31. The maximum atomic E-state index is 11.9. The van der Waals surface area contributed by atoms with E-state index in [0.717, 1.165) is 17.7 Å². The summed E-state index contributed by atoms with van der Waals surface area (Å²) >= 11 is 0. The lowest BCUT2D eigenvalue weighted by molar-refractivity contribution is -0.119. The van der Waals surface area contributed by atoms with Crippen molar-refractivity contribution in [1.82, 2.24) is 20.7 Å². The molecule has 0 radical (unpaired) electrons. The quantitative estimate of drug-likeness (QED) is 0.549. The summed E-state index contributed by atoms with van der Waals surface area (Å²) in [7, 11) is 1.62. The van der Waals surface area contributed by atoms with Gasteiger partial charge >= 0.3 is 0 Å². The Morgan fingerprint density at radius 1 is 1.19 bits per heavy atom. The van der Waals surface area contributed by atoms with Crippen LogP contribution in [0.3, 0.4) is 0 Å². The molecule has 0 aliphatic rings. The smallest absolute Gasteiger partial charge is 0.291 e. The first-order valence-electron chi connectivity index (χ1n) is 8.07. The Kier molecular flexibility index (Phi) is 7.23. The van der Waals surface area contributed by atoms with Crippen LogP contribution in [0.2, 0.25) is 0 Å². The first kappa shape index (κ1) is 19.0. The molecule has 0 aliphatic heterocycles. The third-order valence-electron chi connectivity index (χ3n) is 3.46. The number of methoxy groups -OCH3 is 1. The molecule has 0 atom stereocenters. The number of rotatable bonds is 8. The SMILES string of the molecule is COc1ccc(CCNC(=O)CC(C)=NNC(=O)c2cnccn2)cc1. The lowest BCUT2D eigenvalue weighted by atomic mass is 10.1. The zero-order chi connectivity index (χ0) is 18.8. The Balaban J connectivity index is 1.71. The van der Waals surface area contributed by atoms with Gasteiger partial charge < -0.3 is 10.1 Å². The molecule has 8 heteroatoms. The molecule has 2 N–H and O–H groups in total. The van der Waals surface area contributed by atoms with Crippen LogP contribution in [-0.4, -0.2) is 41.1 Å². The van der Waals surface area contributed by atoms with E-state index in [9.17, 15) is 9.59 Å².